The minimum absolute atomic E-state index is 0.108. The molecule has 3 rings (SSSR count). The minimum Gasteiger partial charge on any atom is -0.431 e. The zero-order valence-electron chi connectivity index (χ0n) is 9.51. The van der Waals surface area contributed by atoms with E-state index < -0.39 is 11.2 Å². The van der Waals surface area contributed by atoms with Crippen LogP contribution in [0.2, 0.25) is 0 Å². The third kappa shape index (κ3) is 2.56. The standard InChI is InChI=1S/C10H5F3N4OS2/c11-10(12,13)7-16-17-9(19-7)20-8-15-5-3-4(14)1-2-6(5)18-8/h1-3H,14H2. The van der Waals surface area contributed by atoms with Crippen molar-refractivity contribution in [1.29, 1.82) is 0 Å². The summed E-state index contributed by atoms with van der Waals surface area (Å²) in [6.45, 7) is 0. The van der Waals surface area contributed by atoms with Crippen LogP contribution in [0.15, 0.2) is 32.2 Å². The molecule has 1 aromatic carbocycles. The topological polar surface area (TPSA) is 77.8 Å². The number of benzene rings is 1. The Hall–Kier alpha value is -1.81. The molecule has 0 bridgehead atoms. The summed E-state index contributed by atoms with van der Waals surface area (Å²) in [6, 6.07) is 4.90. The lowest BCUT2D eigenvalue weighted by Crippen LogP contribution is -2.03. The van der Waals surface area contributed by atoms with Crippen molar-refractivity contribution in [3.05, 3.63) is 23.2 Å². The molecular weight excluding hydrogens is 313 g/mol. The Morgan fingerprint density at radius 3 is 2.75 bits per heavy atom. The van der Waals surface area contributed by atoms with E-state index in [0.717, 1.165) is 11.8 Å². The average Bonchev–Trinajstić information content (AvgIpc) is 2.94. The van der Waals surface area contributed by atoms with Gasteiger partial charge in [0.05, 0.1) is 0 Å². The number of halogens is 3. The molecule has 0 fully saturated rings. The molecule has 0 saturated heterocycles. The Kier molecular flexibility index (Phi) is 3.05. The molecule has 104 valence electrons. The van der Waals surface area contributed by atoms with Crippen LogP contribution in [0.4, 0.5) is 18.9 Å². The lowest BCUT2D eigenvalue weighted by molar-refractivity contribution is -0.138. The number of nitrogens with zero attached hydrogens (tertiary/aromatic N) is 3. The second-order valence-electron chi connectivity index (χ2n) is 3.68. The van der Waals surface area contributed by atoms with Crippen LogP contribution in [0.1, 0.15) is 5.01 Å². The normalized spacial score (nSPS) is 12.2. The maximum absolute atomic E-state index is 12.4. The number of hydrogen-bond donors (Lipinski definition) is 1. The van der Waals surface area contributed by atoms with Gasteiger partial charge in [-0.05, 0) is 18.2 Å². The molecule has 2 heterocycles. The number of hydrogen-bond acceptors (Lipinski definition) is 7. The first-order valence-corrected chi connectivity index (χ1v) is 6.80. The highest BCUT2D eigenvalue weighted by Crippen LogP contribution is 2.37. The molecule has 3 aromatic rings. The van der Waals surface area contributed by atoms with E-state index in [-0.39, 0.29) is 9.56 Å². The van der Waals surface area contributed by atoms with E-state index in [2.05, 4.69) is 15.2 Å². The first kappa shape index (κ1) is 13.2. The van der Waals surface area contributed by atoms with Crippen molar-refractivity contribution >= 4 is 39.9 Å². The lowest BCUT2D eigenvalue weighted by atomic mass is 10.3. The van der Waals surface area contributed by atoms with Gasteiger partial charge in [-0.1, -0.05) is 11.3 Å². The number of alkyl halides is 3. The molecule has 5 nitrogen and oxygen atoms in total. The molecule has 0 atom stereocenters. The van der Waals surface area contributed by atoms with Crippen molar-refractivity contribution in [2.24, 2.45) is 0 Å². The van der Waals surface area contributed by atoms with Crippen molar-refractivity contribution in [3.63, 3.8) is 0 Å². The zero-order valence-corrected chi connectivity index (χ0v) is 11.1. The van der Waals surface area contributed by atoms with Gasteiger partial charge >= 0.3 is 6.18 Å². The number of nitrogens with two attached hydrogens (primary N) is 1. The Bertz CT molecular complexity index is 767. The zero-order chi connectivity index (χ0) is 14.3. The summed E-state index contributed by atoms with van der Waals surface area (Å²) >= 11 is 1.32. The Morgan fingerprint density at radius 2 is 2.05 bits per heavy atom. The number of rotatable bonds is 2. The largest absolute Gasteiger partial charge is 0.445 e. The highest BCUT2D eigenvalue weighted by atomic mass is 32.2. The summed E-state index contributed by atoms with van der Waals surface area (Å²) in [7, 11) is 0. The SMILES string of the molecule is Nc1ccc2oc(Sc3nnc(C(F)(F)F)s3)nc2c1. The van der Waals surface area contributed by atoms with Gasteiger partial charge in [-0.3, -0.25) is 0 Å². The van der Waals surface area contributed by atoms with Gasteiger partial charge in [0.2, 0.25) is 5.01 Å². The van der Waals surface area contributed by atoms with Gasteiger partial charge in [0.1, 0.15) is 5.52 Å². The van der Waals surface area contributed by atoms with Gasteiger partial charge < -0.3 is 10.2 Å². The molecule has 0 spiro atoms. The van der Waals surface area contributed by atoms with Crippen LogP contribution in [0.25, 0.3) is 11.1 Å². The second-order valence-corrected chi connectivity index (χ2v) is 5.86. The average molecular weight is 318 g/mol. The maximum Gasteiger partial charge on any atom is 0.445 e. The summed E-state index contributed by atoms with van der Waals surface area (Å²) in [5.41, 5.74) is 7.17. The molecule has 0 aliphatic carbocycles. The first-order chi connectivity index (χ1) is 9.41. The third-order valence-electron chi connectivity index (χ3n) is 2.22. The van der Waals surface area contributed by atoms with E-state index >= 15 is 0 Å². The predicted octanol–water partition coefficient (Wildman–Crippen LogP) is 3.43. The van der Waals surface area contributed by atoms with Crippen molar-refractivity contribution < 1.29 is 17.6 Å². The Morgan fingerprint density at radius 1 is 1.25 bits per heavy atom. The van der Waals surface area contributed by atoms with E-state index in [1.165, 1.54) is 0 Å². The van der Waals surface area contributed by atoms with Gasteiger partial charge in [-0.15, -0.1) is 10.2 Å². The quantitative estimate of drug-likeness (QED) is 0.729. The molecule has 0 unspecified atom stereocenters. The van der Waals surface area contributed by atoms with E-state index in [9.17, 15) is 13.2 Å². The van der Waals surface area contributed by atoms with E-state index in [0.29, 0.717) is 28.1 Å². The summed E-state index contributed by atoms with van der Waals surface area (Å²) < 4.78 is 42.7. The molecule has 2 aromatic heterocycles. The number of oxazole rings is 1. The molecule has 0 radical (unpaired) electrons. The lowest BCUT2D eigenvalue weighted by Gasteiger charge is -1.97. The fraction of sp³-hybridized carbons (Fsp3) is 0.100. The van der Waals surface area contributed by atoms with Gasteiger partial charge in [-0.2, -0.15) is 13.2 Å². The Balaban J connectivity index is 1.87. The summed E-state index contributed by atoms with van der Waals surface area (Å²) in [5.74, 6) is 0. The monoisotopic (exact) mass is 318 g/mol. The number of fused-ring (bicyclic) bond motifs is 1. The first-order valence-electron chi connectivity index (χ1n) is 5.16. The van der Waals surface area contributed by atoms with Gasteiger partial charge in [0.25, 0.3) is 5.22 Å². The maximum atomic E-state index is 12.4. The van der Waals surface area contributed by atoms with Crippen molar-refractivity contribution in [2.75, 3.05) is 5.73 Å². The van der Waals surface area contributed by atoms with Crippen LogP contribution < -0.4 is 5.73 Å². The van der Waals surface area contributed by atoms with Gasteiger partial charge in [-0.25, -0.2) is 4.98 Å². The number of anilines is 1. The van der Waals surface area contributed by atoms with Crippen LogP contribution in [0.5, 0.6) is 0 Å². The molecule has 0 amide bonds. The molecule has 0 aliphatic heterocycles. The molecule has 20 heavy (non-hydrogen) atoms. The molecule has 10 heteroatoms. The minimum atomic E-state index is -4.49. The smallest absolute Gasteiger partial charge is 0.431 e. The summed E-state index contributed by atoms with van der Waals surface area (Å²) in [5, 5.41) is 5.73. The molecule has 0 aliphatic rings. The number of nitrogen functional groups attached to an aromatic ring is 1. The second kappa shape index (κ2) is 4.63. The fourth-order valence-corrected chi connectivity index (χ4v) is 2.98. The van der Waals surface area contributed by atoms with Crippen LogP contribution in [-0.4, -0.2) is 15.2 Å². The van der Waals surface area contributed by atoms with Gasteiger partial charge in [0.15, 0.2) is 9.92 Å². The van der Waals surface area contributed by atoms with E-state index in [1.807, 2.05) is 0 Å². The third-order valence-corrected chi connectivity index (χ3v) is 4.08. The van der Waals surface area contributed by atoms with Gasteiger partial charge in [0, 0.05) is 17.4 Å². The van der Waals surface area contributed by atoms with E-state index in [4.69, 9.17) is 10.2 Å². The molecular formula is C10H5F3N4OS2. The van der Waals surface area contributed by atoms with Crippen molar-refractivity contribution in [3.8, 4) is 0 Å². The van der Waals surface area contributed by atoms with Crippen LogP contribution in [0.3, 0.4) is 0 Å². The van der Waals surface area contributed by atoms with Crippen molar-refractivity contribution in [2.45, 2.75) is 15.7 Å². The Labute approximate surface area is 118 Å². The van der Waals surface area contributed by atoms with Crippen molar-refractivity contribution in [1.82, 2.24) is 15.2 Å². The predicted molar refractivity (Wildman–Crippen MR) is 67.5 cm³/mol. The highest BCUT2D eigenvalue weighted by molar-refractivity contribution is 8.00. The van der Waals surface area contributed by atoms with E-state index in [1.54, 1.807) is 18.2 Å². The molecule has 0 saturated carbocycles. The molecule has 2 N–H and O–H groups in total. The fourth-order valence-electron chi connectivity index (χ4n) is 1.41. The van der Waals surface area contributed by atoms with Crippen LogP contribution in [-0.2, 0) is 6.18 Å². The highest BCUT2D eigenvalue weighted by Gasteiger charge is 2.35. The van der Waals surface area contributed by atoms with Crippen LogP contribution >= 0.6 is 23.1 Å². The summed E-state index contributed by atoms with van der Waals surface area (Å²) in [4.78, 5) is 4.11. The summed E-state index contributed by atoms with van der Waals surface area (Å²) in [6.07, 6.45) is -4.49. The van der Waals surface area contributed by atoms with Crippen LogP contribution in [0, 0.1) is 0 Å². The number of aromatic nitrogens is 3.